The zero-order valence-corrected chi connectivity index (χ0v) is 14.8. The Labute approximate surface area is 139 Å². The molecule has 1 saturated heterocycles. The van der Waals surface area contributed by atoms with Crippen molar-refractivity contribution in [2.24, 2.45) is 0 Å². The number of nitrogens with one attached hydrogen (secondary N) is 1. The molecule has 1 amide bonds. The minimum absolute atomic E-state index is 0.0116. The van der Waals surface area contributed by atoms with Crippen molar-refractivity contribution in [2.45, 2.75) is 33.7 Å². The smallest absolute Gasteiger partial charge is 0.263 e. The Balaban J connectivity index is 2.06. The number of carbonyl (C=O) groups excluding carboxylic acids is 1. The molecular weight excluding hydrogens is 312 g/mol. The normalized spacial score (nSPS) is 16.8. The highest BCUT2D eigenvalue weighted by atomic mass is 32.1. The Morgan fingerprint density at radius 1 is 1.26 bits per heavy atom. The SMILES string of the molecule is Cc1sc2nc(C)n(C(C)C(=O)N3CCNCC3)c(=O)c2c1C. The summed E-state index contributed by atoms with van der Waals surface area (Å²) in [6.07, 6.45) is 0. The van der Waals surface area contributed by atoms with Gasteiger partial charge in [-0.3, -0.25) is 14.2 Å². The second-order valence-corrected chi connectivity index (χ2v) is 7.25. The third kappa shape index (κ3) is 2.68. The van der Waals surface area contributed by atoms with Crippen molar-refractivity contribution in [2.75, 3.05) is 26.2 Å². The lowest BCUT2D eigenvalue weighted by Gasteiger charge is -2.30. The number of aryl methyl sites for hydroxylation is 3. The van der Waals surface area contributed by atoms with Crippen molar-refractivity contribution in [3.05, 3.63) is 26.6 Å². The molecule has 1 aliphatic heterocycles. The highest BCUT2D eigenvalue weighted by Gasteiger charge is 2.26. The Kier molecular flexibility index (Phi) is 4.25. The monoisotopic (exact) mass is 334 g/mol. The molecule has 23 heavy (non-hydrogen) atoms. The van der Waals surface area contributed by atoms with Crippen LogP contribution in [0.1, 0.15) is 29.2 Å². The van der Waals surface area contributed by atoms with Gasteiger partial charge in [0.2, 0.25) is 5.91 Å². The second kappa shape index (κ2) is 6.05. The van der Waals surface area contributed by atoms with Gasteiger partial charge >= 0.3 is 0 Å². The van der Waals surface area contributed by atoms with Gasteiger partial charge in [-0.25, -0.2) is 4.98 Å². The van der Waals surface area contributed by atoms with Gasteiger partial charge in [0.15, 0.2) is 0 Å². The van der Waals surface area contributed by atoms with Gasteiger partial charge < -0.3 is 10.2 Å². The maximum atomic E-state index is 13.0. The van der Waals surface area contributed by atoms with Crippen molar-refractivity contribution in [1.29, 1.82) is 0 Å². The van der Waals surface area contributed by atoms with Crippen LogP contribution in [0.4, 0.5) is 0 Å². The van der Waals surface area contributed by atoms with E-state index >= 15 is 0 Å². The summed E-state index contributed by atoms with van der Waals surface area (Å²) in [5.74, 6) is 0.585. The molecule has 1 unspecified atom stereocenters. The lowest BCUT2D eigenvalue weighted by Crippen LogP contribution is -2.49. The molecule has 2 aromatic rings. The molecule has 1 N–H and O–H groups in total. The van der Waals surface area contributed by atoms with Gasteiger partial charge in [0.05, 0.1) is 5.39 Å². The Bertz CT molecular complexity index is 818. The number of aromatic nitrogens is 2. The molecule has 2 aromatic heterocycles. The first-order chi connectivity index (χ1) is 10.9. The Morgan fingerprint density at radius 2 is 1.91 bits per heavy atom. The molecule has 0 aliphatic carbocycles. The second-order valence-electron chi connectivity index (χ2n) is 6.05. The molecule has 0 bridgehead atoms. The number of hydrogen-bond donors (Lipinski definition) is 1. The molecule has 124 valence electrons. The zero-order valence-electron chi connectivity index (χ0n) is 14.0. The van der Waals surface area contributed by atoms with Crippen LogP contribution >= 0.6 is 11.3 Å². The number of fused-ring (bicyclic) bond motifs is 1. The summed E-state index contributed by atoms with van der Waals surface area (Å²) in [4.78, 5) is 34.0. The Morgan fingerprint density at radius 3 is 2.57 bits per heavy atom. The van der Waals surface area contributed by atoms with Crippen LogP contribution in [0.2, 0.25) is 0 Å². The van der Waals surface area contributed by atoms with E-state index in [0.29, 0.717) is 24.3 Å². The first kappa shape index (κ1) is 16.1. The number of rotatable bonds is 2. The summed E-state index contributed by atoms with van der Waals surface area (Å²) >= 11 is 1.54. The number of nitrogens with zero attached hydrogens (tertiary/aromatic N) is 3. The van der Waals surface area contributed by atoms with Crippen LogP contribution in [-0.2, 0) is 4.79 Å². The van der Waals surface area contributed by atoms with E-state index in [9.17, 15) is 9.59 Å². The number of thiophene rings is 1. The fourth-order valence-corrected chi connectivity index (χ4v) is 4.19. The quantitative estimate of drug-likeness (QED) is 0.901. The molecule has 1 atom stereocenters. The van der Waals surface area contributed by atoms with E-state index in [4.69, 9.17) is 0 Å². The van der Waals surface area contributed by atoms with E-state index in [1.54, 1.807) is 18.4 Å². The van der Waals surface area contributed by atoms with E-state index in [2.05, 4.69) is 10.3 Å². The van der Waals surface area contributed by atoms with Crippen LogP contribution in [0.3, 0.4) is 0 Å². The van der Waals surface area contributed by atoms with Crippen molar-refractivity contribution in [3.8, 4) is 0 Å². The molecular formula is C16H22N4O2S. The Hall–Kier alpha value is -1.73. The van der Waals surface area contributed by atoms with Crippen LogP contribution in [0.5, 0.6) is 0 Å². The molecule has 0 saturated carbocycles. The molecule has 3 heterocycles. The van der Waals surface area contributed by atoms with E-state index < -0.39 is 6.04 Å². The fourth-order valence-electron chi connectivity index (χ4n) is 3.12. The minimum Gasteiger partial charge on any atom is -0.338 e. The van der Waals surface area contributed by atoms with Gasteiger partial charge in [0, 0.05) is 31.1 Å². The maximum Gasteiger partial charge on any atom is 0.263 e. The van der Waals surface area contributed by atoms with Crippen LogP contribution in [-0.4, -0.2) is 46.5 Å². The number of carbonyl (C=O) groups is 1. The van der Waals surface area contributed by atoms with Gasteiger partial charge in [-0.15, -0.1) is 11.3 Å². The fraction of sp³-hybridized carbons (Fsp3) is 0.562. The molecule has 1 aliphatic rings. The van der Waals surface area contributed by atoms with E-state index in [1.165, 1.54) is 11.3 Å². The highest BCUT2D eigenvalue weighted by molar-refractivity contribution is 7.18. The van der Waals surface area contributed by atoms with Crippen molar-refractivity contribution in [3.63, 3.8) is 0 Å². The predicted molar refractivity (Wildman–Crippen MR) is 92.3 cm³/mol. The van der Waals surface area contributed by atoms with Crippen LogP contribution in [0, 0.1) is 20.8 Å². The molecule has 6 nitrogen and oxygen atoms in total. The van der Waals surface area contributed by atoms with Crippen LogP contribution < -0.4 is 10.9 Å². The lowest BCUT2D eigenvalue weighted by molar-refractivity contribution is -0.135. The van der Waals surface area contributed by atoms with Crippen molar-refractivity contribution in [1.82, 2.24) is 19.8 Å². The van der Waals surface area contributed by atoms with Crippen LogP contribution in [0.25, 0.3) is 10.2 Å². The van der Waals surface area contributed by atoms with E-state index in [0.717, 1.165) is 28.4 Å². The van der Waals surface area contributed by atoms with Gasteiger partial charge in [-0.2, -0.15) is 0 Å². The molecule has 3 rings (SSSR count). The molecule has 0 radical (unpaired) electrons. The zero-order chi connectivity index (χ0) is 16.7. The summed E-state index contributed by atoms with van der Waals surface area (Å²) in [5.41, 5.74) is 0.864. The first-order valence-electron chi connectivity index (χ1n) is 7.90. The topological polar surface area (TPSA) is 67.2 Å². The predicted octanol–water partition coefficient (Wildman–Crippen LogP) is 1.38. The highest BCUT2D eigenvalue weighted by Crippen LogP contribution is 2.27. The largest absolute Gasteiger partial charge is 0.338 e. The average Bonchev–Trinajstić information content (AvgIpc) is 2.81. The number of amides is 1. The summed E-state index contributed by atoms with van der Waals surface area (Å²) in [6.45, 7) is 10.5. The number of hydrogen-bond acceptors (Lipinski definition) is 5. The first-order valence-corrected chi connectivity index (χ1v) is 8.71. The third-order valence-electron chi connectivity index (χ3n) is 4.58. The third-order valence-corrected chi connectivity index (χ3v) is 5.69. The average molecular weight is 334 g/mol. The maximum absolute atomic E-state index is 13.0. The van der Waals surface area contributed by atoms with Gasteiger partial charge in [-0.05, 0) is 33.3 Å². The summed E-state index contributed by atoms with van der Waals surface area (Å²) in [6, 6.07) is -0.530. The molecule has 1 fully saturated rings. The van der Waals surface area contributed by atoms with Crippen molar-refractivity contribution >= 4 is 27.5 Å². The standard InChI is InChI=1S/C16H22N4O2S/c1-9-11(3)23-14-13(9)16(22)20(12(4)18-14)10(2)15(21)19-7-5-17-6-8-19/h10,17H,5-8H2,1-4H3. The van der Waals surface area contributed by atoms with Gasteiger partial charge in [0.1, 0.15) is 16.7 Å². The summed E-state index contributed by atoms with van der Waals surface area (Å²) in [7, 11) is 0. The van der Waals surface area contributed by atoms with Crippen LogP contribution in [0.15, 0.2) is 4.79 Å². The van der Waals surface area contributed by atoms with Gasteiger partial charge in [0.25, 0.3) is 5.56 Å². The molecule has 0 aromatic carbocycles. The van der Waals surface area contributed by atoms with E-state index in [1.807, 2.05) is 18.7 Å². The molecule has 7 heteroatoms. The summed E-state index contributed by atoms with van der Waals surface area (Å²) in [5, 5.41) is 3.88. The molecule has 0 spiro atoms. The summed E-state index contributed by atoms with van der Waals surface area (Å²) < 4.78 is 1.55. The van der Waals surface area contributed by atoms with Gasteiger partial charge in [-0.1, -0.05) is 0 Å². The minimum atomic E-state index is -0.530. The van der Waals surface area contributed by atoms with E-state index in [-0.39, 0.29) is 11.5 Å². The number of piperazine rings is 1. The van der Waals surface area contributed by atoms with Crippen molar-refractivity contribution < 1.29 is 4.79 Å². The lowest BCUT2D eigenvalue weighted by atomic mass is 10.2.